The van der Waals surface area contributed by atoms with Crippen molar-refractivity contribution in [2.45, 2.75) is 0 Å². The van der Waals surface area contributed by atoms with Gasteiger partial charge in [0.15, 0.2) is 11.5 Å². The average molecular weight is 976 g/mol. The number of nitro groups is 2. The van der Waals surface area contributed by atoms with Gasteiger partial charge >= 0.3 is 11.4 Å². The number of rotatable bonds is 12. The molecule has 0 aliphatic carbocycles. The molecule has 8 nitrogen and oxygen atoms in total. The van der Waals surface area contributed by atoms with Gasteiger partial charge in [0.05, 0.1) is 9.85 Å². The molecular weight excluding hydrogens is 947 g/mol. The van der Waals surface area contributed by atoms with Crippen molar-refractivity contribution in [3.8, 4) is 56.0 Å². The van der Waals surface area contributed by atoms with Crippen LogP contribution < -0.4 is 9.47 Å². The van der Waals surface area contributed by atoms with Crippen molar-refractivity contribution in [2.24, 2.45) is 0 Å². The maximum absolute atomic E-state index is 12.2. The zero-order valence-corrected chi connectivity index (χ0v) is 34.2. The second-order valence-corrected chi connectivity index (χ2v) is 11.0. The zero-order chi connectivity index (χ0) is 37.0. The molecule has 0 radical (unpaired) electrons. The fraction of sp³-hybridized carbons (Fsp3) is 0.0500. The van der Waals surface area contributed by atoms with E-state index in [0.717, 1.165) is 33.4 Å². The fourth-order valence-corrected chi connectivity index (χ4v) is 5.16. The molecule has 13 heteroatoms. The van der Waals surface area contributed by atoms with Crippen LogP contribution in [0, 0.1) is 33.1 Å². The first-order valence-corrected chi connectivity index (χ1v) is 15.6. The van der Waals surface area contributed by atoms with Crippen LogP contribution in [0.4, 0.5) is 28.9 Å². The standard InChI is InChI=1S/2C20H14F2NO3.Rf/c2*21-20(22)13-26-19-11-10-17(12-18(19)23(24)25)16-8-6-15(7-9-16)14-4-2-1-3-5-14;/h2*1-12H,13H2;/q2*-1;. The van der Waals surface area contributed by atoms with Crippen LogP contribution in [0.1, 0.15) is 0 Å². The van der Waals surface area contributed by atoms with Crippen LogP contribution in [-0.2, 0) is 0 Å². The van der Waals surface area contributed by atoms with Gasteiger partial charge in [-0.1, -0.05) is 121 Å². The van der Waals surface area contributed by atoms with Crippen LogP contribution in [0.3, 0.4) is 0 Å². The van der Waals surface area contributed by atoms with Crippen molar-refractivity contribution < 1.29 is 36.9 Å². The molecular formula is C40H28F4N2O6Rf-2. The van der Waals surface area contributed by atoms with Gasteiger partial charge in [0.1, 0.15) is 0 Å². The van der Waals surface area contributed by atoms with Crippen molar-refractivity contribution >= 4 is 11.4 Å². The Kier molecular flexibility index (Phi) is 12.9. The Balaban J connectivity index is 0.000000232. The molecule has 0 heterocycles. The molecule has 266 valence electrons. The van der Waals surface area contributed by atoms with Crippen LogP contribution in [0.25, 0.3) is 44.5 Å². The van der Waals surface area contributed by atoms with Gasteiger partial charge in [-0.3, -0.25) is 20.2 Å². The third-order valence-corrected chi connectivity index (χ3v) is 7.64. The Bertz CT molecular complexity index is 1950. The Hall–Kier alpha value is -7.56. The number of hydrogen-bond donors (Lipinski definition) is 0. The minimum atomic E-state index is -1.94. The number of nitrogens with zero attached hydrogens (tertiary/aromatic N) is 2. The molecule has 0 amide bonds. The molecule has 6 aromatic rings. The third kappa shape index (κ3) is 10.2. The predicted molar refractivity (Wildman–Crippen MR) is 190 cm³/mol. The summed E-state index contributed by atoms with van der Waals surface area (Å²) in [7, 11) is 0. The molecule has 0 fully saturated rings. The number of nitro benzene ring substituents is 2. The van der Waals surface area contributed by atoms with E-state index in [1.54, 1.807) is 12.1 Å². The van der Waals surface area contributed by atoms with E-state index >= 15 is 0 Å². The first kappa shape index (κ1) is 38.2. The minimum Gasteiger partial charge on any atom is -0.515 e. The van der Waals surface area contributed by atoms with Gasteiger partial charge in [-0.2, -0.15) is 0 Å². The monoisotopic (exact) mass is 975 g/mol. The average Bonchev–Trinajstić information content (AvgIpc) is 3.17. The van der Waals surface area contributed by atoms with Crippen LogP contribution >= 0.6 is 0 Å². The SMILES string of the molecule is O=[N+]([O-])c1cc(-c2ccc(-c3ccccc3)cc2)ccc1OC[C-](F)F.O=[N+]([O-])c1cc(-c2ccc(-c3ccccc3)cc2)ccc1OC[C-](F)F.[Rf]. The van der Waals surface area contributed by atoms with E-state index in [4.69, 9.17) is 9.47 Å². The summed E-state index contributed by atoms with van der Waals surface area (Å²) in [6.45, 7) is -1.93. The Morgan fingerprint density at radius 1 is 0.434 bits per heavy atom. The Morgan fingerprint density at radius 2 is 0.698 bits per heavy atom. The van der Waals surface area contributed by atoms with E-state index < -0.39 is 35.9 Å². The molecule has 0 aliphatic rings. The summed E-state index contributed by atoms with van der Waals surface area (Å²) in [6.07, 6.45) is -3.89. The first-order valence-electron chi connectivity index (χ1n) is 15.6. The summed E-state index contributed by atoms with van der Waals surface area (Å²) in [4.78, 5) is 21.1. The summed E-state index contributed by atoms with van der Waals surface area (Å²) < 4.78 is 58.4. The zero-order valence-electron chi connectivity index (χ0n) is 27.8. The molecule has 6 aromatic carbocycles. The number of ether oxygens (including phenoxy) is 2. The van der Waals surface area contributed by atoms with Gasteiger partial charge in [-0.15, -0.1) is 0 Å². The van der Waals surface area contributed by atoms with E-state index in [1.165, 1.54) is 24.3 Å². The van der Waals surface area contributed by atoms with E-state index in [0.29, 0.717) is 11.1 Å². The van der Waals surface area contributed by atoms with E-state index in [-0.39, 0.29) is 22.9 Å². The molecule has 0 spiro atoms. The number of benzene rings is 6. The van der Waals surface area contributed by atoms with Crippen molar-refractivity contribution in [2.75, 3.05) is 13.2 Å². The van der Waals surface area contributed by atoms with Crippen molar-refractivity contribution in [3.63, 3.8) is 0 Å². The number of hydrogen-bond acceptors (Lipinski definition) is 6. The molecule has 53 heavy (non-hydrogen) atoms. The first-order chi connectivity index (χ1) is 25.1. The van der Waals surface area contributed by atoms with Gasteiger partial charge in [0, 0.05) is 38.2 Å². The molecule has 0 aliphatic heterocycles. The second kappa shape index (κ2) is 17.9. The Labute approximate surface area is 295 Å². The molecule has 0 unspecified atom stereocenters. The van der Waals surface area contributed by atoms with Crippen molar-refractivity contribution in [1.82, 2.24) is 0 Å². The molecule has 0 aromatic heterocycles. The topological polar surface area (TPSA) is 105 Å². The third-order valence-electron chi connectivity index (χ3n) is 7.64. The van der Waals surface area contributed by atoms with Gasteiger partial charge in [0.2, 0.25) is 0 Å². The molecule has 0 atom stereocenters. The summed E-state index contributed by atoms with van der Waals surface area (Å²) in [6, 6.07) is 43.3. The van der Waals surface area contributed by atoms with Gasteiger partial charge in [-0.25, -0.2) is 0 Å². The largest absolute Gasteiger partial charge is 0.515 e. The smallest absolute Gasteiger partial charge is 0.311 e. The maximum atomic E-state index is 12.2. The van der Waals surface area contributed by atoms with Crippen LogP contribution in [-0.4, -0.2) is 23.1 Å². The van der Waals surface area contributed by atoms with E-state index in [9.17, 15) is 37.8 Å². The van der Waals surface area contributed by atoms with Crippen molar-refractivity contribution in [3.05, 3.63) is 179 Å². The van der Waals surface area contributed by atoms with Crippen LogP contribution in [0.15, 0.2) is 146 Å². The Morgan fingerprint density at radius 3 is 0.981 bits per heavy atom. The predicted octanol–water partition coefficient (Wildman–Crippen LogP) is 11.5. The molecule has 0 N–H and O–H groups in total. The van der Waals surface area contributed by atoms with Crippen LogP contribution in [0.2, 0.25) is 0 Å². The molecule has 6 rings (SSSR count). The van der Waals surface area contributed by atoms with E-state index in [2.05, 4.69) is 0 Å². The maximum Gasteiger partial charge on any atom is 0.311 e. The van der Waals surface area contributed by atoms with Gasteiger partial charge in [-0.05, 0) is 56.6 Å². The quantitative estimate of drug-likeness (QED) is 0.0524. The second-order valence-electron chi connectivity index (χ2n) is 11.0. The summed E-state index contributed by atoms with van der Waals surface area (Å²) in [5.41, 5.74) is 6.26. The number of halogens is 4. The summed E-state index contributed by atoms with van der Waals surface area (Å²) in [5, 5.41) is 22.4. The summed E-state index contributed by atoms with van der Waals surface area (Å²) in [5.74, 6) is -0.375. The minimum absolute atomic E-state index is 0. The normalized spacial score (nSPS) is 10.5. The molecule has 0 bridgehead atoms. The molecule has 0 saturated carbocycles. The van der Waals surface area contributed by atoms with Gasteiger partial charge in [0.25, 0.3) is 0 Å². The summed E-state index contributed by atoms with van der Waals surface area (Å²) >= 11 is 0. The fourth-order valence-electron chi connectivity index (χ4n) is 5.16. The van der Waals surface area contributed by atoms with E-state index in [1.807, 2.05) is 109 Å². The van der Waals surface area contributed by atoms with Gasteiger partial charge < -0.3 is 27.0 Å². The van der Waals surface area contributed by atoms with Crippen LogP contribution in [0.5, 0.6) is 11.5 Å². The molecule has 0 saturated heterocycles. The van der Waals surface area contributed by atoms with Crippen molar-refractivity contribution in [1.29, 1.82) is 0 Å².